The van der Waals surface area contributed by atoms with E-state index in [2.05, 4.69) is 34.5 Å². The summed E-state index contributed by atoms with van der Waals surface area (Å²) in [6.45, 7) is 3.06. The number of nitrogens with zero attached hydrogens (tertiary/aromatic N) is 1. The fourth-order valence-corrected chi connectivity index (χ4v) is 3.80. The number of hydrogen-bond donors (Lipinski definition) is 1. The third-order valence-electron chi connectivity index (χ3n) is 5.14. The highest BCUT2D eigenvalue weighted by Crippen LogP contribution is 2.27. The fourth-order valence-electron chi connectivity index (χ4n) is 3.80. The third kappa shape index (κ3) is 3.48. The first-order chi connectivity index (χ1) is 12.3. The molecule has 0 radical (unpaired) electrons. The largest absolute Gasteiger partial charge is 0.492 e. The van der Waals surface area contributed by atoms with Crippen LogP contribution in [0.5, 0.6) is 5.75 Å². The number of nitrogens with one attached hydrogen (secondary N) is 1. The predicted octanol–water partition coefficient (Wildman–Crippen LogP) is 2.81. The number of fused-ring (bicyclic) bond motifs is 2. The van der Waals surface area contributed by atoms with Crippen LogP contribution in [0.25, 0.3) is 0 Å². The zero-order valence-corrected chi connectivity index (χ0v) is 14.4. The highest BCUT2D eigenvalue weighted by Gasteiger charge is 2.25. The van der Waals surface area contributed by atoms with E-state index in [0.29, 0.717) is 13.2 Å². The van der Waals surface area contributed by atoms with Gasteiger partial charge in [0.25, 0.3) is 0 Å². The Morgan fingerprint density at radius 3 is 2.84 bits per heavy atom. The molecule has 2 aliphatic rings. The summed E-state index contributed by atoms with van der Waals surface area (Å²) >= 11 is 0. The number of carbonyl (C=O) groups excluding carboxylic acids is 1. The smallest absolute Gasteiger partial charge is 0.226 e. The van der Waals surface area contributed by atoms with Crippen LogP contribution in [0.4, 0.5) is 5.69 Å². The van der Waals surface area contributed by atoms with Gasteiger partial charge in [-0.2, -0.15) is 0 Å². The van der Waals surface area contributed by atoms with Crippen LogP contribution >= 0.6 is 0 Å². The van der Waals surface area contributed by atoms with E-state index in [0.717, 1.165) is 37.2 Å². The molecule has 1 amide bonds. The van der Waals surface area contributed by atoms with Gasteiger partial charge < -0.3 is 15.0 Å². The average molecular weight is 336 g/mol. The molecular weight excluding hydrogens is 312 g/mol. The highest BCUT2D eigenvalue weighted by molar-refractivity contribution is 5.79. The molecule has 0 aliphatic carbocycles. The van der Waals surface area contributed by atoms with Crippen LogP contribution in [0, 0.1) is 5.92 Å². The number of ether oxygens (including phenoxy) is 1. The summed E-state index contributed by atoms with van der Waals surface area (Å²) in [6, 6.07) is 16.6. The Morgan fingerprint density at radius 1 is 1.12 bits per heavy atom. The monoisotopic (exact) mass is 336 g/mol. The first kappa shape index (κ1) is 16.0. The van der Waals surface area contributed by atoms with Crippen LogP contribution in [0.3, 0.4) is 0 Å². The van der Waals surface area contributed by atoms with Gasteiger partial charge in [-0.25, -0.2) is 0 Å². The molecule has 2 heterocycles. The van der Waals surface area contributed by atoms with E-state index in [4.69, 9.17) is 4.74 Å². The van der Waals surface area contributed by atoms with Crippen LogP contribution in [0.1, 0.15) is 17.5 Å². The molecule has 1 N–H and O–H groups in total. The quantitative estimate of drug-likeness (QED) is 0.933. The lowest BCUT2D eigenvalue weighted by molar-refractivity contribution is -0.126. The lowest BCUT2D eigenvalue weighted by atomic mass is 9.96. The number of amides is 1. The molecule has 25 heavy (non-hydrogen) atoms. The van der Waals surface area contributed by atoms with E-state index in [1.807, 2.05) is 24.3 Å². The van der Waals surface area contributed by atoms with Crippen LogP contribution in [-0.2, 0) is 17.6 Å². The van der Waals surface area contributed by atoms with E-state index in [-0.39, 0.29) is 11.8 Å². The number of hydrogen-bond acceptors (Lipinski definition) is 3. The molecule has 2 aliphatic heterocycles. The number of rotatable bonds is 4. The zero-order valence-electron chi connectivity index (χ0n) is 14.4. The summed E-state index contributed by atoms with van der Waals surface area (Å²) in [7, 11) is 0. The molecule has 130 valence electrons. The van der Waals surface area contributed by atoms with Gasteiger partial charge in [0.2, 0.25) is 5.91 Å². The van der Waals surface area contributed by atoms with Gasteiger partial charge in [-0.15, -0.1) is 0 Å². The first-order valence-corrected chi connectivity index (χ1v) is 9.12. The summed E-state index contributed by atoms with van der Waals surface area (Å²) in [6.07, 6.45) is 3.09. The Hall–Kier alpha value is -2.49. The van der Waals surface area contributed by atoms with Gasteiger partial charge >= 0.3 is 0 Å². The Kier molecular flexibility index (Phi) is 4.59. The minimum atomic E-state index is -0.0939. The number of para-hydroxylation sites is 2. The number of aryl methyl sites for hydroxylation is 1. The number of carbonyl (C=O) groups is 1. The topological polar surface area (TPSA) is 41.6 Å². The average Bonchev–Trinajstić information content (AvgIpc) is 2.67. The van der Waals surface area contributed by atoms with Gasteiger partial charge in [-0.3, -0.25) is 4.79 Å². The molecule has 1 unspecified atom stereocenters. The van der Waals surface area contributed by atoms with Crippen molar-refractivity contribution in [3.63, 3.8) is 0 Å². The zero-order chi connectivity index (χ0) is 17.1. The van der Waals surface area contributed by atoms with Crippen LogP contribution in [0.15, 0.2) is 48.5 Å². The second kappa shape index (κ2) is 7.18. The van der Waals surface area contributed by atoms with Crippen LogP contribution in [-0.4, -0.2) is 32.1 Å². The van der Waals surface area contributed by atoms with E-state index in [1.54, 1.807) is 0 Å². The molecule has 0 bridgehead atoms. The Labute approximate surface area is 148 Å². The minimum absolute atomic E-state index is 0.0939. The predicted molar refractivity (Wildman–Crippen MR) is 99.1 cm³/mol. The molecule has 1 atom stereocenters. The van der Waals surface area contributed by atoms with Crippen molar-refractivity contribution in [2.75, 3.05) is 31.1 Å². The number of anilines is 1. The summed E-state index contributed by atoms with van der Waals surface area (Å²) in [5.41, 5.74) is 3.86. The van der Waals surface area contributed by atoms with Gasteiger partial charge in [0, 0.05) is 25.3 Å². The molecule has 0 spiro atoms. The molecule has 0 aromatic heterocycles. The van der Waals surface area contributed by atoms with Crippen molar-refractivity contribution in [2.45, 2.75) is 19.3 Å². The normalized spacial score (nSPS) is 18.7. The molecule has 2 aromatic rings. The van der Waals surface area contributed by atoms with Crippen LogP contribution < -0.4 is 15.0 Å². The van der Waals surface area contributed by atoms with Crippen molar-refractivity contribution in [1.29, 1.82) is 0 Å². The first-order valence-electron chi connectivity index (χ1n) is 9.12. The molecule has 2 aromatic carbocycles. The van der Waals surface area contributed by atoms with Gasteiger partial charge in [0.1, 0.15) is 12.4 Å². The number of benzene rings is 2. The molecule has 4 heteroatoms. The van der Waals surface area contributed by atoms with E-state index in [1.165, 1.54) is 17.7 Å². The highest BCUT2D eigenvalue weighted by atomic mass is 16.5. The maximum Gasteiger partial charge on any atom is 0.226 e. The maximum absolute atomic E-state index is 12.5. The Morgan fingerprint density at radius 2 is 1.92 bits per heavy atom. The van der Waals surface area contributed by atoms with Crippen LogP contribution in [0.2, 0.25) is 0 Å². The molecular formula is C21H24N2O2. The van der Waals surface area contributed by atoms with Crippen molar-refractivity contribution < 1.29 is 9.53 Å². The van der Waals surface area contributed by atoms with Crippen molar-refractivity contribution in [1.82, 2.24) is 5.32 Å². The molecule has 0 fully saturated rings. The third-order valence-corrected chi connectivity index (χ3v) is 5.14. The van der Waals surface area contributed by atoms with E-state index < -0.39 is 0 Å². The Bertz CT molecular complexity index is 759. The molecule has 0 saturated heterocycles. The summed E-state index contributed by atoms with van der Waals surface area (Å²) < 4.78 is 5.73. The molecule has 0 saturated carbocycles. The van der Waals surface area contributed by atoms with Crippen molar-refractivity contribution >= 4 is 11.6 Å². The lowest BCUT2D eigenvalue weighted by Gasteiger charge is -2.31. The molecule has 4 nitrogen and oxygen atoms in total. The minimum Gasteiger partial charge on any atom is -0.492 e. The lowest BCUT2D eigenvalue weighted by Crippen LogP contribution is -2.42. The van der Waals surface area contributed by atoms with Crippen molar-refractivity contribution in [2.24, 2.45) is 5.92 Å². The van der Waals surface area contributed by atoms with Crippen molar-refractivity contribution in [3.8, 4) is 5.75 Å². The Balaban J connectivity index is 1.30. The standard InChI is InChI=1S/C21H24N2O2/c24-21(18-14-17-7-2-4-10-20(17)25-15-18)22-11-13-23-12-5-8-16-6-1-3-9-19(16)23/h1-4,6-7,9-10,18H,5,8,11-15H2,(H,22,24). The van der Waals surface area contributed by atoms with Gasteiger partial charge in [0.05, 0.1) is 5.92 Å². The second-order valence-electron chi connectivity index (χ2n) is 6.83. The van der Waals surface area contributed by atoms with Gasteiger partial charge in [0.15, 0.2) is 0 Å². The van der Waals surface area contributed by atoms with E-state index in [9.17, 15) is 4.79 Å². The molecule has 4 rings (SSSR count). The van der Waals surface area contributed by atoms with E-state index >= 15 is 0 Å². The van der Waals surface area contributed by atoms with Gasteiger partial charge in [-0.1, -0.05) is 36.4 Å². The SMILES string of the molecule is O=C(NCCN1CCCc2ccccc21)C1COc2ccccc2C1. The second-order valence-corrected chi connectivity index (χ2v) is 6.83. The summed E-state index contributed by atoms with van der Waals surface area (Å²) in [5.74, 6) is 0.916. The fraction of sp³-hybridized carbons (Fsp3) is 0.381. The van der Waals surface area contributed by atoms with Crippen molar-refractivity contribution in [3.05, 3.63) is 59.7 Å². The summed E-state index contributed by atoms with van der Waals surface area (Å²) in [4.78, 5) is 14.9. The maximum atomic E-state index is 12.5. The summed E-state index contributed by atoms with van der Waals surface area (Å²) in [5, 5.41) is 3.10. The van der Waals surface area contributed by atoms with Gasteiger partial charge in [-0.05, 0) is 42.5 Å².